The van der Waals surface area contributed by atoms with Gasteiger partial charge in [-0.05, 0) is 38.0 Å². The average Bonchev–Trinajstić information content (AvgIpc) is 2.64. The van der Waals surface area contributed by atoms with Gasteiger partial charge < -0.3 is 9.88 Å². The van der Waals surface area contributed by atoms with Crippen LogP contribution in [0.5, 0.6) is 0 Å². The highest BCUT2D eigenvalue weighted by atomic mass is 32.2. The predicted octanol–water partition coefficient (Wildman–Crippen LogP) is 3.06. The highest BCUT2D eigenvalue weighted by Crippen LogP contribution is 2.23. The first-order valence-electron chi connectivity index (χ1n) is 7.65. The fourth-order valence-electron chi connectivity index (χ4n) is 2.94. The van der Waals surface area contributed by atoms with Crippen LogP contribution in [-0.4, -0.2) is 46.2 Å². The van der Waals surface area contributed by atoms with Crippen molar-refractivity contribution in [2.75, 3.05) is 24.6 Å². The number of aromatic amines is 1. The first-order valence-corrected chi connectivity index (χ1v) is 8.81. The quantitative estimate of drug-likeness (QED) is 0.870. The van der Waals surface area contributed by atoms with Crippen LogP contribution >= 0.6 is 11.8 Å². The van der Waals surface area contributed by atoms with Gasteiger partial charge in [0.1, 0.15) is 5.69 Å². The molecule has 1 aromatic rings. The lowest BCUT2D eigenvalue weighted by Gasteiger charge is -2.20. The van der Waals surface area contributed by atoms with Crippen LogP contribution < -0.4 is 0 Å². The smallest absolute Gasteiger partial charge is 0.270 e. The molecule has 1 amide bonds. The molecule has 1 saturated heterocycles. The second-order valence-electron chi connectivity index (χ2n) is 5.54. The monoisotopic (exact) mass is 308 g/mol. The van der Waals surface area contributed by atoms with Gasteiger partial charge in [-0.1, -0.05) is 13.3 Å². The van der Waals surface area contributed by atoms with Gasteiger partial charge in [-0.3, -0.25) is 9.59 Å². The Bertz CT molecular complexity index is 529. The lowest BCUT2D eigenvalue weighted by Crippen LogP contribution is -2.33. The van der Waals surface area contributed by atoms with Crippen molar-refractivity contribution in [3.05, 3.63) is 22.5 Å². The largest absolute Gasteiger partial charge is 0.354 e. The number of thioether (sulfide) groups is 1. The second kappa shape index (κ2) is 7.16. The van der Waals surface area contributed by atoms with E-state index < -0.39 is 0 Å². The molecular formula is C16H24N2O2S. The van der Waals surface area contributed by atoms with E-state index in [0.717, 1.165) is 55.1 Å². The van der Waals surface area contributed by atoms with Gasteiger partial charge in [0.25, 0.3) is 5.91 Å². The summed E-state index contributed by atoms with van der Waals surface area (Å²) < 4.78 is 0. The minimum Gasteiger partial charge on any atom is -0.354 e. The fourth-order valence-corrected chi connectivity index (χ4v) is 3.83. The topological polar surface area (TPSA) is 53.2 Å². The third kappa shape index (κ3) is 3.51. The number of carbonyl (C=O) groups excluding carboxylic acids is 2. The highest BCUT2D eigenvalue weighted by Gasteiger charge is 2.26. The van der Waals surface area contributed by atoms with Gasteiger partial charge in [-0.2, -0.15) is 11.8 Å². The van der Waals surface area contributed by atoms with E-state index in [1.54, 1.807) is 6.92 Å². The molecule has 0 spiro atoms. The maximum absolute atomic E-state index is 12.8. The number of aryl methyl sites for hydroxylation is 1. The number of carbonyl (C=O) groups is 2. The van der Waals surface area contributed by atoms with Crippen molar-refractivity contribution in [1.29, 1.82) is 0 Å². The number of H-pyrrole nitrogens is 1. The summed E-state index contributed by atoms with van der Waals surface area (Å²) in [5.41, 5.74) is 3.07. The number of nitrogens with one attached hydrogen (secondary N) is 1. The van der Waals surface area contributed by atoms with Crippen LogP contribution in [0, 0.1) is 6.92 Å². The van der Waals surface area contributed by atoms with Gasteiger partial charge >= 0.3 is 0 Å². The summed E-state index contributed by atoms with van der Waals surface area (Å²) in [5, 5.41) is 0. The van der Waals surface area contributed by atoms with E-state index in [4.69, 9.17) is 0 Å². The molecule has 1 aliphatic heterocycles. The van der Waals surface area contributed by atoms with Gasteiger partial charge in [0.2, 0.25) is 0 Å². The molecule has 0 atom stereocenters. The maximum atomic E-state index is 12.8. The molecule has 1 N–H and O–H groups in total. The zero-order valence-corrected chi connectivity index (χ0v) is 13.9. The van der Waals surface area contributed by atoms with E-state index in [0.29, 0.717) is 11.3 Å². The predicted molar refractivity (Wildman–Crippen MR) is 87.4 cm³/mol. The van der Waals surface area contributed by atoms with E-state index in [2.05, 4.69) is 11.9 Å². The van der Waals surface area contributed by atoms with Crippen molar-refractivity contribution in [3.8, 4) is 0 Å². The first-order chi connectivity index (χ1) is 10.1. The molecule has 1 aromatic heterocycles. The molecule has 0 saturated carbocycles. The lowest BCUT2D eigenvalue weighted by molar-refractivity contribution is 0.0762. The molecule has 0 aliphatic carbocycles. The lowest BCUT2D eigenvalue weighted by atomic mass is 10.0. The molecule has 116 valence electrons. The molecule has 1 aliphatic rings. The number of amides is 1. The van der Waals surface area contributed by atoms with Gasteiger partial charge in [0, 0.05) is 30.1 Å². The Morgan fingerprint density at radius 3 is 2.71 bits per heavy atom. The summed E-state index contributed by atoms with van der Waals surface area (Å²) in [4.78, 5) is 29.8. The summed E-state index contributed by atoms with van der Waals surface area (Å²) in [6, 6.07) is 0. The van der Waals surface area contributed by atoms with Crippen molar-refractivity contribution < 1.29 is 9.59 Å². The van der Waals surface area contributed by atoms with Gasteiger partial charge in [0.05, 0.1) is 0 Å². The SMILES string of the molecule is CCCc1c(C(=O)N2CCCSCC2)[nH]c(C)c1C(C)=O. The standard InChI is InChI=1S/C16H24N2O2S/c1-4-6-13-14(12(3)19)11(2)17-15(13)16(20)18-7-5-9-21-10-8-18/h17H,4-10H2,1-3H3. The third-order valence-electron chi connectivity index (χ3n) is 3.87. The Morgan fingerprint density at radius 1 is 1.29 bits per heavy atom. The highest BCUT2D eigenvalue weighted by molar-refractivity contribution is 7.99. The molecule has 2 rings (SSSR count). The second-order valence-corrected chi connectivity index (χ2v) is 6.77. The number of nitrogens with zero attached hydrogens (tertiary/aromatic N) is 1. The number of aromatic nitrogens is 1. The van der Waals surface area contributed by atoms with Crippen molar-refractivity contribution >= 4 is 23.5 Å². The Labute approximate surface area is 130 Å². The molecule has 21 heavy (non-hydrogen) atoms. The van der Waals surface area contributed by atoms with E-state index in [1.165, 1.54) is 0 Å². The molecule has 0 aromatic carbocycles. The molecule has 0 unspecified atom stereocenters. The van der Waals surface area contributed by atoms with Crippen LogP contribution in [-0.2, 0) is 6.42 Å². The Hall–Kier alpha value is -1.23. The Balaban J connectivity index is 2.35. The summed E-state index contributed by atoms with van der Waals surface area (Å²) in [5.74, 6) is 2.21. The maximum Gasteiger partial charge on any atom is 0.270 e. The van der Waals surface area contributed by atoms with Crippen LogP contribution in [0.4, 0.5) is 0 Å². The third-order valence-corrected chi connectivity index (χ3v) is 4.92. The molecule has 5 heteroatoms. The van der Waals surface area contributed by atoms with Crippen molar-refractivity contribution in [3.63, 3.8) is 0 Å². The zero-order chi connectivity index (χ0) is 15.4. The van der Waals surface area contributed by atoms with E-state index in [9.17, 15) is 9.59 Å². The molecule has 0 radical (unpaired) electrons. The summed E-state index contributed by atoms with van der Waals surface area (Å²) >= 11 is 1.90. The number of hydrogen-bond acceptors (Lipinski definition) is 3. The van der Waals surface area contributed by atoms with E-state index >= 15 is 0 Å². The van der Waals surface area contributed by atoms with Gasteiger partial charge in [-0.15, -0.1) is 0 Å². The Kier molecular flexibility index (Phi) is 5.51. The van der Waals surface area contributed by atoms with Crippen LogP contribution in [0.2, 0.25) is 0 Å². The Morgan fingerprint density at radius 2 is 2.05 bits per heavy atom. The number of Topliss-reactive ketones (excluding diaryl/α,β-unsaturated/α-hetero) is 1. The number of ketones is 1. The van der Waals surface area contributed by atoms with Crippen molar-refractivity contribution in [2.45, 2.75) is 40.0 Å². The van der Waals surface area contributed by atoms with Crippen LogP contribution in [0.3, 0.4) is 0 Å². The average molecular weight is 308 g/mol. The fraction of sp³-hybridized carbons (Fsp3) is 0.625. The zero-order valence-electron chi connectivity index (χ0n) is 13.1. The minimum absolute atomic E-state index is 0.0395. The molecule has 4 nitrogen and oxygen atoms in total. The van der Waals surface area contributed by atoms with Crippen LogP contribution in [0.1, 0.15) is 58.8 Å². The molecule has 0 bridgehead atoms. The van der Waals surface area contributed by atoms with Crippen LogP contribution in [0.25, 0.3) is 0 Å². The summed E-state index contributed by atoms with van der Waals surface area (Å²) in [7, 11) is 0. The summed E-state index contributed by atoms with van der Waals surface area (Å²) in [6.45, 7) is 7.13. The molecular weight excluding hydrogens is 284 g/mol. The molecule has 2 heterocycles. The van der Waals surface area contributed by atoms with E-state index in [1.807, 2.05) is 23.6 Å². The van der Waals surface area contributed by atoms with Crippen molar-refractivity contribution in [2.24, 2.45) is 0 Å². The summed E-state index contributed by atoms with van der Waals surface area (Å²) in [6.07, 6.45) is 2.73. The van der Waals surface area contributed by atoms with Crippen LogP contribution in [0.15, 0.2) is 0 Å². The normalized spacial score (nSPS) is 15.9. The molecule has 1 fully saturated rings. The first kappa shape index (κ1) is 16.1. The van der Waals surface area contributed by atoms with Crippen molar-refractivity contribution in [1.82, 2.24) is 9.88 Å². The number of rotatable bonds is 4. The minimum atomic E-state index is 0.0395. The van der Waals surface area contributed by atoms with Gasteiger partial charge in [0.15, 0.2) is 5.78 Å². The van der Waals surface area contributed by atoms with E-state index in [-0.39, 0.29) is 11.7 Å². The number of hydrogen-bond donors (Lipinski definition) is 1. The van der Waals surface area contributed by atoms with Gasteiger partial charge in [-0.25, -0.2) is 0 Å².